The Balaban J connectivity index is -0.0000000800. The van der Waals surface area contributed by atoms with Crippen LogP contribution in [0.3, 0.4) is 0 Å². The molecule has 40 valence electrons. The maximum atomic E-state index is 8.55. The molecule has 0 amide bonds. The summed E-state index contributed by atoms with van der Waals surface area (Å²) in [6, 6.07) is 0. The van der Waals surface area contributed by atoms with E-state index >= 15 is 0 Å². The van der Waals surface area contributed by atoms with E-state index in [1.54, 1.807) is 0 Å². The minimum absolute atomic E-state index is 0. The Bertz CT molecular complexity index is 57.8. The van der Waals surface area contributed by atoms with E-state index in [0.717, 1.165) is 0 Å². The number of hydrogen-bond donors (Lipinski definition) is 0. The zero-order valence-corrected chi connectivity index (χ0v) is 5.84. The van der Waals surface area contributed by atoms with Gasteiger partial charge in [0.05, 0.1) is 0 Å². The van der Waals surface area contributed by atoms with Crippen LogP contribution in [0.25, 0.3) is 0 Å². The minimum atomic E-state index is -5.39. The Morgan fingerprint density at radius 1 is 1.14 bits per heavy atom. The van der Waals surface area contributed by atoms with Crippen molar-refractivity contribution in [2.45, 2.75) is 0 Å². The molecule has 0 fully saturated rings. The van der Waals surface area contributed by atoms with Crippen molar-refractivity contribution in [3.8, 4) is 0 Å². The molecule has 0 unspecified atom stereocenters. The van der Waals surface area contributed by atoms with Crippen molar-refractivity contribution in [2.24, 2.45) is 0 Å². The molecule has 0 bridgehead atoms. The normalized spacial score (nSPS) is 8.43. The molecule has 0 N–H and O–H groups in total. The molecular formula is AlClO4P-. The molecular weight excluding hydrogens is 157 g/mol. The summed E-state index contributed by atoms with van der Waals surface area (Å²) < 4.78 is 8.55. The van der Waals surface area contributed by atoms with E-state index in [1.165, 1.54) is 0 Å². The second kappa shape index (κ2) is 5.08. The van der Waals surface area contributed by atoms with E-state index in [-0.39, 0.29) is 29.8 Å². The first-order valence-corrected chi connectivity index (χ1v) is 2.19. The second-order valence-electron chi connectivity index (χ2n) is 0.447. The van der Waals surface area contributed by atoms with Gasteiger partial charge in [0.1, 0.15) is 0 Å². The van der Waals surface area contributed by atoms with Crippen LogP contribution in [0.2, 0.25) is 0 Å². The zero-order chi connectivity index (χ0) is 4.50. The predicted octanol–water partition coefficient (Wildman–Crippen LogP) is -6.20. The van der Waals surface area contributed by atoms with Crippen molar-refractivity contribution in [2.75, 3.05) is 0 Å². The summed E-state index contributed by atoms with van der Waals surface area (Å²) in [7, 11) is -5.39. The summed E-state index contributed by atoms with van der Waals surface area (Å²) in [5, 5.41) is 0. The number of phosphoric acid groups is 1. The summed E-state index contributed by atoms with van der Waals surface area (Å²) >= 11 is 0. The molecule has 0 aliphatic heterocycles. The van der Waals surface area contributed by atoms with Gasteiger partial charge in [0, 0.05) is 0 Å². The third kappa shape index (κ3) is 194. The maximum absolute atomic E-state index is 8.55. The molecule has 0 saturated carbocycles. The Morgan fingerprint density at radius 3 is 1.14 bits per heavy atom. The summed E-state index contributed by atoms with van der Waals surface area (Å²) in [6.45, 7) is 0. The van der Waals surface area contributed by atoms with Gasteiger partial charge < -0.3 is 31.7 Å². The first-order valence-electron chi connectivity index (χ1n) is 0.730. The molecule has 0 spiro atoms. The van der Waals surface area contributed by atoms with Gasteiger partial charge in [-0.2, -0.15) is 7.82 Å². The molecule has 0 aromatic heterocycles. The van der Waals surface area contributed by atoms with E-state index in [4.69, 9.17) is 19.2 Å². The summed E-state index contributed by atoms with van der Waals surface area (Å²) in [4.78, 5) is 25.6. The zero-order valence-electron chi connectivity index (χ0n) is 3.04. The van der Waals surface area contributed by atoms with Gasteiger partial charge >= 0.3 is 17.4 Å². The third-order valence-corrected chi connectivity index (χ3v) is 0. The summed E-state index contributed by atoms with van der Waals surface area (Å²) in [6.07, 6.45) is 0. The molecule has 0 radical (unpaired) electrons. The quantitative estimate of drug-likeness (QED) is 0.259. The maximum Gasteiger partial charge on any atom is 3.00 e. The van der Waals surface area contributed by atoms with Gasteiger partial charge in [-0.3, -0.25) is 0 Å². The Labute approximate surface area is 57.3 Å². The fourth-order valence-electron chi connectivity index (χ4n) is 0. The van der Waals surface area contributed by atoms with Crippen LogP contribution in [0.4, 0.5) is 0 Å². The average Bonchev–Trinajstić information content (AvgIpc) is 0.722. The SMILES string of the molecule is O=P([O-])([O-])[O-].[Al+3].[Cl-]. The third-order valence-electron chi connectivity index (χ3n) is 0. The largest absolute Gasteiger partial charge is 3.00 e. The molecule has 0 aromatic carbocycles. The van der Waals surface area contributed by atoms with E-state index in [2.05, 4.69) is 0 Å². The van der Waals surface area contributed by atoms with Crippen molar-refractivity contribution in [3.05, 3.63) is 0 Å². The summed E-state index contributed by atoms with van der Waals surface area (Å²) in [5.41, 5.74) is 0. The topological polar surface area (TPSA) is 86.2 Å². The molecule has 0 aliphatic rings. The Kier molecular flexibility index (Phi) is 11.4. The minimum Gasteiger partial charge on any atom is -1.00 e. The van der Waals surface area contributed by atoms with E-state index in [0.29, 0.717) is 0 Å². The first-order chi connectivity index (χ1) is 2.00. The molecule has 4 nitrogen and oxygen atoms in total. The van der Waals surface area contributed by atoms with Crippen molar-refractivity contribution in [3.63, 3.8) is 0 Å². The van der Waals surface area contributed by atoms with E-state index in [9.17, 15) is 0 Å². The second-order valence-corrected chi connectivity index (χ2v) is 1.34. The molecule has 0 atom stereocenters. The Hall–Kier alpha value is 0.932. The van der Waals surface area contributed by atoms with Gasteiger partial charge in [-0.15, -0.1) is 0 Å². The van der Waals surface area contributed by atoms with Crippen LogP contribution in [0.1, 0.15) is 0 Å². The smallest absolute Gasteiger partial charge is 1.00 e. The standard InChI is InChI=1S/Al.ClH.H3O4P/c;;1-5(2,3)4/h;1H;(H3,1,2,3,4)/q+3;;/p-4. The predicted molar refractivity (Wildman–Crippen MR) is 13.4 cm³/mol. The number of halogens is 1. The average molecular weight is 157 g/mol. The number of hydrogen-bond acceptors (Lipinski definition) is 4. The van der Waals surface area contributed by atoms with E-state index in [1.807, 2.05) is 0 Å². The summed E-state index contributed by atoms with van der Waals surface area (Å²) in [5.74, 6) is 0. The molecule has 0 rings (SSSR count). The van der Waals surface area contributed by atoms with Crippen LogP contribution in [0, 0.1) is 0 Å². The van der Waals surface area contributed by atoms with Crippen LogP contribution in [-0.4, -0.2) is 17.4 Å². The van der Waals surface area contributed by atoms with Gasteiger partial charge in [-0.05, 0) is 0 Å². The van der Waals surface area contributed by atoms with Gasteiger partial charge in [-0.25, -0.2) is 0 Å². The van der Waals surface area contributed by atoms with Gasteiger partial charge in [0.25, 0.3) is 0 Å². The monoisotopic (exact) mass is 157 g/mol. The van der Waals surface area contributed by atoms with Crippen LogP contribution in [0.15, 0.2) is 0 Å². The van der Waals surface area contributed by atoms with Gasteiger partial charge in [0.15, 0.2) is 0 Å². The molecule has 0 saturated heterocycles. The Morgan fingerprint density at radius 2 is 1.14 bits per heavy atom. The molecule has 7 heavy (non-hydrogen) atoms. The molecule has 0 heterocycles. The van der Waals surface area contributed by atoms with Crippen LogP contribution in [0.5, 0.6) is 0 Å². The fraction of sp³-hybridized carbons (Fsp3) is 0. The van der Waals surface area contributed by atoms with Gasteiger partial charge in [0.2, 0.25) is 0 Å². The van der Waals surface area contributed by atoms with Crippen LogP contribution >= 0.6 is 7.82 Å². The molecule has 0 aromatic rings. The fourth-order valence-corrected chi connectivity index (χ4v) is 0. The van der Waals surface area contributed by atoms with Gasteiger partial charge in [-0.1, -0.05) is 0 Å². The number of rotatable bonds is 0. The van der Waals surface area contributed by atoms with E-state index < -0.39 is 7.82 Å². The van der Waals surface area contributed by atoms with Crippen molar-refractivity contribution in [1.29, 1.82) is 0 Å². The van der Waals surface area contributed by atoms with Crippen LogP contribution in [-0.2, 0) is 4.57 Å². The van der Waals surface area contributed by atoms with Crippen molar-refractivity contribution < 1.29 is 31.7 Å². The van der Waals surface area contributed by atoms with Crippen molar-refractivity contribution >= 4 is 25.2 Å². The van der Waals surface area contributed by atoms with Crippen LogP contribution < -0.4 is 27.1 Å². The molecule has 0 aliphatic carbocycles. The van der Waals surface area contributed by atoms with Crippen molar-refractivity contribution in [1.82, 2.24) is 0 Å². The first kappa shape index (κ1) is 15.7. The molecule has 7 heteroatoms.